The number of nitrogens with zero attached hydrogens (tertiary/aromatic N) is 1. The van der Waals surface area contributed by atoms with E-state index >= 15 is 0 Å². The smallest absolute Gasteiger partial charge is 0.338 e. The van der Waals surface area contributed by atoms with Crippen LogP contribution < -0.4 is 5.32 Å². The fourth-order valence-corrected chi connectivity index (χ4v) is 3.14. The first kappa shape index (κ1) is 17.9. The van der Waals surface area contributed by atoms with Crippen LogP contribution in [0.15, 0.2) is 48.5 Å². The number of urea groups is 1. The summed E-state index contributed by atoms with van der Waals surface area (Å²) in [6.45, 7) is 2.71. The van der Waals surface area contributed by atoms with E-state index < -0.39 is 0 Å². The summed E-state index contributed by atoms with van der Waals surface area (Å²) in [6.07, 6.45) is 1.75. The minimum Gasteiger partial charge on any atom is -0.462 e. The SMILES string of the molecule is CCOC(=O)c1ccc(NC(=O)N2CCC[C@@H]2c2ccc(F)cc2)cc1. The van der Waals surface area contributed by atoms with Gasteiger partial charge in [-0.2, -0.15) is 0 Å². The van der Waals surface area contributed by atoms with Gasteiger partial charge in [-0.15, -0.1) is 0 Å². The van der Waals surface area contributed by atoms with Gasteiger partial charge in [-0.1, -0.05) is 12.1 Å². The lowest BCUT2D eigenvalue weighted by atomic mass is 10.0. The topological polar surface area (TPSA) is 58.6 Å². The third-order valence-corrected chi connectivity index (χ3v) is 4.42. The van der Waals surface area contributed by atoms with Crippen molar-refractivity contribution in [3.8, 4) is 0 Å². The summed E-state index contributed by atoms with van der Waals surface area (Å²) in [5.74, 6) is -0.675. The molecule has 1 atom stereocenters. The maximum atomic E-state index is 13.1. The number of carbonyl (C=O) groups is 2. The number of nitrogens with one attached hydrogen (secondary N) is 1. The van der Waals surface area contributed by atoms with E-state index in [1.54, 1.807) is 48.2 Å². The van der Waals surface area contributed by atoms with E-state index in [0.29, 0.717) is 24.4 Å². The van der Waals surface area contributed by atoms with E-state index in [4.69, 9.17) is 4.74 Å². The highest BCUT2D eigenvalue weighted by Gasteiger charge is 2.30. The minimum atomic E-state index is -0.388. The molecule has 0 aromatic heterocycles. The van der Waals surface area contributed by atoms with Crippen LogP contribution in [0.4, 0.5) is 14.9 Å². The molecule has 2 aromatic carbocycles. The van der Waals surface area contributed by atoms with Crippen LogP contribution in [-0.4, -0.2) is 30.1 Å². The number of esters is 1. The molecule has 1 N–H and O–H groups in total. The van der Waals surface area contributed by atoms with Crippen LogP contribution in [0, 0.1) is 5.82 Å². The van der Waals surface area contributed by atoms with Gasteiger partial charge in [0.25, 0.3) is 0 Å². The van der Waals surface area contributed by atoms with Gasteiger partial charge in [0.05, 0.1) is 18.2 Å². The van der Waals surface area contributed by atoms with Gasteiger partial charge in [0.1, 0.15) is 5.82 Å². The first-order valence-corrected chi connectivity index (χ1v) is 8.68. The number of anilines is 1. The quantitative estimate of drug-likeness (QED) is 0.828. The molecule has 0 aliphatic carbocycles. The standard InChI is InChI=1S/C20H21FN2O3/c1-2-26-19(24)15-7-11-17(12-8-15)22-20(25)23-13-3-4-18(23)14-5-9-16(21)10-6-14/h5-12,18H,2-4,13H2,1H3,(H,22,25)/t18-/m1/s1. The van der Waals surface area contributed by atoms with Gasteiger partial charge in [0.2, 0.25) is 0 Å². The Balaban J connectivity index is 1.67. The van der Waals surface area contributed by atoms with Gasteiger partial charge in [-0.05, 0) is 61.7 Å². The number of rotatable bonds is 4. The summed E-state index contributed by atoms with van der Waals surface area (Å²) < 4.78 is 18.1. The fraction of sp³-hybridized carbons (Fsp3) is 0.300. The predicted octanol–water partition coefficient (Wildman–Crippen LogP) is 4.37. The second-order valence-corrected chi connectivity index (χ2v) is 6.13. The molecule has 26 heavy (non-hydrogen) atoms. The first-order valence-electron chi connectivity index (χ1n) is 8.68. The molecule has 2 aromatic rings. The largest absolute Gasteiger partial charge is 0.462 e. The molecule has 3 rings (SSSR count). The van der Waals surface area contributed by atoms with Crippen LogP contribution in [0.5, 0.6) is 0 Å². The summed E-state index contributed by atoms with van der Waals surface area (Å²) in [7, 11) is 0. The number of hydrogen-bond donors (Lipinski definition) is 1. The molecule has 1 fully saturated rings. The Morgan fingerprint density at radius 3 is 2.50 bits per heavy atom. The molecule has 0 radical (unpaired) electrons. The summed E-state index contributed by atoms with van der Waals surface area (Å²) >= 11 is 0. The van der Waals surface area contributed by atoms with Crippen LogP contribution in [-0.2, 0) is 4.74 Å². The molecule has 1 aliphatic heterocycles. The van der Waals surface area contributed by atoms with Gasteiger partial charge in [-0.25, -0.2) is 14.0 Å². The number of benzene rings is 2. The Bertz CT molecular complexity index is 775. The number of likely N-dealkylation sites (tertiary alicyclic amines) is 1. The van der Waals surface area contributed by atoms with Crippen LogP contribution >= 0.6 is 0 Å². The highest BCUT2D eigenvalue weighted by molar-refractivity contribution is 5.92. The van der Waals surface area contributed by atoms with Crippen LogP contribution in [0.3, 0.4) is 0 Å². The van der Waals surface area contributed by atoms with Crippen molar-refractivity contribution in [3.05, 3.63) is 65.5 Å². The van der Waals surface area contributed by atoms with E-state index in [2.05, 4.69) is 5.32 Å². The van der Waals surface area contributed by atoms with Crippen molar-refractivity contribution in [3.63, 3.8) is 0 Å². The van der Waals surface area contributed by atoms with Crippen LogP contribution in [0.25, 0.3) is 0 Å². The van der Waals surface area contributed by atoms with Crippen molar-refractivity contribution in [2.75, 3.05) is 18.5 Å². The molecule has 2 amide bonds. The van der Waals surface area contributed by atoms with Gasteiger partial charge in [0.15, 0.2) is 0 Å². The summed E-state index contributed by atoms with van der Waals surface area (Å²) in [6, 6.07) is 12.6. The molecule has 1 heterocycles. The number of carbonyl (C=O) groups excluding carboxylic acids is 2. The first-order chi connectivity index (χ1) is 12.6. The molecule has 136 valence electrons. The lowest BCUT2D eigenvalue weighted by Crippen LogP contribution is -2.34. The van der Waals surface area contributed by atoms with E-state index in [9.17, 15) is 14.0 Å². The maximum Gasteiger partial charge on any atom is 0.338 e. The predicted molar refractivity (Wildman–Crippen MR) is 96.5 cm³/mol. The second-order valence-electron chi connectivity index (χ2n) is 6.13. The van der Waals surface area contributed by atoms with Crippen LogP contribution in [0.2, 0.25) is 0 Å². The van der Waals surface area contributed by atoms with Gasteiger partial charge < -0.3 is 15.0 Å². The third-order valence-electron chi connectivity index (χ3n) is 4.42. The number of ether oxygens (including phenoxy) is 1. The minimum absolute atomic E-state index is 0.0607. The lowest BCUT2D eigenvalue weighted by Gasteiger charge is -2.25. The molecular weight excluding hydrogens is 335 g/mol. The van der Waals surface area contributed by atoms with Crippen LogP contribution in [0.1, 0.15) is 41.7 Å². The second kappa shape index (κ2) is 7.99. The highest BCUT2D eigenvalue weighted by Crippen LogP contribution is 2.32. The Kier molecular flexibility index (Phi) is 5.51. The monoisotopic (exact) mass is 356 g/mol. The molecule has 0 unspecified atom stereocenters. The van der Waals surface area contributed by atoms with E-state index in [0.717, 1.165) is 18.4 Å². The van der Waals surface area contributed by atoms with Crippen molar-refractivity contribution in [2.45, 2.75) is 25.8 Å². The zero-order chi connectivity index (χ0) is 18.5. The molecule has 0 saturated carbocycles. The van der Waals surface area contributed by atoms with Gasteiger partial charge in [-0.3, -0.25) is 0 Å². The Hall–Kier alpha value is -2.89. The highest BCUT2D eigenvalue weighted by atomic mass is 19.1. The summed E-state index contributed by atoms with van der Waals surface area (Å²) in [5.41, 5.74) is 1.97. The van der Waals surface area contributed by atoms with E-state index in [1.807, 2.05) is 0 Å². The number of amides is 2. The van der Waals surface area contributed by atoms with Crippen molar-refractivity contribution in [1.82, 2.24) is 4.90 Å². The molecule has 0 spiro atoms. The summed E-state index contributed by atoms with van der Waals surface area (Å²) in [4.78, 5) is 26.1. The molecule has 0 bridgehead atoms. The van der Waals surface area contributed by atoms with Crippen molar-refractivity contribution in [2.24, 2.45) is 0 Å². The zero-order valence-electron chi connectivity index (χ0n) is 14.6. The van der Waals surface area contributed by atoms with E-state index in [1.165, 1.54) is 12.1 Å². The van der Waals surface area contributed by atoms with Crippen molar-refractivity contribution in [1.29, 1.82) is 0 Å². The van der Waals surface area contributed by atoms with Crippen molar-refractivity contribution >= 4 is 17.7 Å². The average Bonchev–Trinajstić information content (AvgIpc) is 3.13. The molecular formula is C20H21FN2O3. The molecule has 1 saturated heterocycles. The number of hydrogen-bond acceptors (Lipinski definition) is 3. The normalized spacial score (nSPS) is 16.4. The Labute approximate surface area is 151 Å². The average molecular weight is 356 g/mol. The third kappa shape index (κ3) is 4.02. The molecule has 5 nitrogen and oxygen atoms in total. The zero-order valence-corrected chi connectivity index (χ0v) is 14.6. The Morgan fingerprint density at radius 1 is 1.15 bits per heavy atom. The summed E-state index contributed by atoms with van der Waals surface area (Å²) in [5, 5.41) is 2.85. The fourth-order valence-electron chi connectivity index (χ4n) is 3.14. The molecule has 6 heteroatoms. The van der Waals surface area contributed by atoms with Crippen molar-refractivity contribution < 1.29 is 18.7 Å². The maximum absolute atomic E-state index is 13.1. The van der Waals surface area contributed by atoms with E-state index in [-0.39, 0.29) is 23.9 Å². The number of halogens is 1. The lowest BCUT2D eigenvalue weighted by molar-refractivity contribution is 0.0526. The van der Waals surface area contributed by atoms with Gasteiger partial charge >= 0.3 is 12.0 Å². The Morgan fingerprint density at radius 2 is 1.85 bits per heavy atom. The molecule has 1 aliphatic rings. The van der Waals surface area contributed by atoms with Gasteiger partial charge in [0, 0.05) is 12.2 Å².